The Morgan fingerprint density at radius 1 is 1.19 bits per heavy atom. The van der Waals surface area contributed by atoms with Gasteiger partial charge in [0.2, 0.25) is 0 Å². The van der Waals surface area contributed by atoms with Gasteiger partial charge in [0.25, 0.3) is 5.91 Å². The molecule has 2 aliphatic rings. The smallest absolute Gasteiger partial charge is 0.308 e. The number of rotatable bonds is 5. The second-order valence-electron chi connectivity index (χ2n) is 5.85. The van der Waals surface area contributed by atoms with Crippen molar-refractivity contribution in [3.8, 4) is 5.75 Å². The minimum Gasteiger partial charge on any atom is -0.493 e. The molecule has 1 aromatic rings. The number of carbonyl (C=O) groups is 2. The van der Waals surface area contributed by atoms with Crippen LogP contribution in [0.2, 0.25) is 0 Å². The lowest BCUT2D eigenvalue weighted by molar-refractivity contribution is -0.141. The van der Waals surface area contributed by atoms with Crippen LogP contribution in [-0.4, -0.2) is 41.6 Å². The summed E-state index contributed by atoms with van der Waals surface area (Å²) < 4.78 is 5.64. The molecule has 5 heteroatoms. The fraction of sp³-hybridized carbons (Fsp3) is 0.500. The van der Waals surface area contributed by atoms with Crippen LogP contribution < -0.4 is 4.74 Å². The van der Waals surface area contributed by atoms with Crippen molar-refractivity contribution < 1.29 is 19.4 Å². The van der Waals surface area contributed by atoms with Crippen molar-refractivity contribution in [1.29, 1.82) is 0 Å². The van der Waals surface area contributed by atoms with Crippen molar-refractivity contribution in [2.45, 2.75) is 19.3 Å². The van der Waals surface area contributed by atoms with Crippen LogP contribution in [0.1, 0.15) is 29.6 Å². The second kappa shape index (κ2) is 5.76. The summed E-state index contributed by atoms with van der Waals surface area (Å²) >= 11 is 0. The van der Waals surface area contributed by atoms with E-state index in [0.29, 0.717) is 31.0 Å². The number of carboxylic acids is 1. The monoisotopic (exact) mass is 289 g/mol. The van der Waals surface area contributed by atoms with Crippen molar-refractivity contribution >= 4 is 11.9 Å². The molecule has 0 bridgehead atoms. The summed E-state index contributed by atoms with van der Waals surface area (Å²) in [6.07, 6.45) is 3.02. The van der Waals surface area contributed by atoms with Gasteiger partial charge in [-0.15, -0.1) is 0 Å². The van der Waals surface area contributed by atoms with Gasteiger partial charge < -0.3 is 14.7 Å². The predicted molar refractivity (Wildman–Crippen MR) is 76.3 cm³/mol. The van der Waals surface area contributed by atoms with Gasteiger partial charge in [-0.05, 0) is 49.4 Å². The molecule has 1 aliphatic carbocycles. The lowest BCUT2D eigenvalue weighted by Gasteiger charge is -2.16. The highest BCUT2D eigenvalue weighted by molar-refractivity contribution is 5.94. The molecule has 0 radical (unpaired) electrons. The Labute approximate surface area is 123 Å². The third kappa shape index (κ3) is 3.35. The van der Waals surface area contributed by atoms with Gasteiger partial charge in [-0.1, -0.05) is 0 Å². The van der Waals surface area contributed by atoms with Crippen molar-refractivity contribution in [2.75, 3.05) is 19.7 Å². The zero-order chi connectivity index (χ0) is 14.8. The van der Waals surface area contributed by atoms with E-state index in [1.54, 1.807) is 29.2 Å². The lowest BCUT2D eigenvalue weighted by Crippen LogP contribution is -2.29. The molecule has 1 N–H and O–H groups in total. The highest BCUT2D eigenvalue weighted by Crippen LogP contribution is 2.29. The van der Waals surface area contributed by atoms with Crippen LogP contribution in [-0.2, 0) is 4.79 Å². The van der Waals surface area contributed by atoms with E-state index in [0.717, 1.165) is 12.4 Å². The first kappa shape index (κ1) is 13.9. The molecular weight excluding hydrogens is 270 g/mol. The van der Waals surface area contributed by atoms with E-state index in [1.807, 2.05) is 0 Å². The van der Waals surface area contributed by atoms with E-state index >= 15 is 0 Å². The summed E-state index contributed by atoms with van der Waals surface area (Å²) in [7, 11) is 0. The minimum atomic E-state index is -0.825. The summed E-state index contributed by atoms with van der Waals surface area (Å²) in [5.41, 5.74) is 0.583. The van der Waals surface area contributed by atoms with E-state index in [4.69, 9.17) is 9.84 Å². The number of carboxylic acid groups (broad SMARTS) is 1. The Hall–Kier alpha value is -2.04. The van der Waals surface area contributed by atoms with E-state index in [1.165, 1.54) is 12.8 Å². The number of carbonyl (C=O) groups excluding carboxylic acids is 1. The molecule has 2 fully saturated rings. The Kier molecular flexibility index (Phi) is 3.82. The summed E-state index contributed by atoms with van der Waals surface area (Å²) in [5.74, 6) is 0.115. The van der Waals surface area contributed by atoms with Gasteiger partial charge in [0.1, 0.15) is 5.75 Å². The lowest BCUT2D eigenvalue weighted by atomic mass is 10.1. The van der Waals surface area contributed by atoms with Gasteiger partial charge in [0, 0.05) is 18.7 Å². The van der Waals surface area contributed by atoms with Gasteiger partial charge in [-0.3, -0.25) is 9.59 Å². The zero-order valence-electron chi connectivity index (χ0n) is 11.8. The van der Waals surface area contributed by atoms with Crippen molar-refractivity contribution in [3.63, 3.8) is 0 Å². The Balaban J connectivity index is 1.58. The normalized spacial score (nSPS) is 21.3. The number of hydrogen-bond acceptors (Lipinski definition) is 3. The molecule has 1 atom stereocenters. The molecule has 1 heterocycles. The average molecular weight is 289 g/mol. The molecule has 112 valence electrons. The van der Waals surface area contributed by atoms with Crippen LogP contribution >= 0.6 is 0 Å². The number of benzene rings is 1. The molecule has 1 unspecified atom stereocenters. The molecule has 1 amide bonds. The number of ether oxygens (including phenoxy) is 1. The molecule has 3 rings (SSSR count). The quantitative estimate of drug-likeness (QED) is 0.900. The molecule has 21 heavy (non-hydrogen) atoms. The largest absolute Gasteiger partial charge is 0.493 e. The molecular formula is C16H19NO4. The first-order chi connectivity index (χ1) is 10.1. The van der Waals surface area contributed by atoms with Gasteiger partial charge in [-0.2, -0.15) is 0 Å². The van der Waals surface area contributed by atoms with Crippen LogP contribution in [0.25, 0.3) is 0 Å². The van der Waals surface area contributed by atoms with Crippen LogP contribution in [0.4, 0.5) is 0 Å². The van der Waals surface area contributed by atoms with Gasteiger partial charge in [0.15, 0.2) is 0 Å². The SMILES string of the molecule is O=C(O)C1CCN(C(=O)c2ccc(OCC3CC3)cc2)C1. The topological polar surface area (TPSA) is 66.8 Å². The van der Waals surface area contributed by atoms with Crippen LogP contribution in [0.3, 0.4) is 0 Å². The molecule has 0 spiro atoms. The summed E-state index contributed by atoms with van der Waals surface area (Å²) in [5, 5.41) is 8.97. The maximum Gasteiger partial charge on any atom is 0.308 e. The van der Waals surface area contributed by atoms with Gasteiger partial charge in [-0.25, -0.2) is 0 Å². The summed E-state index contributed by atoms with van der Waals surface area (Å²) in [4.78, 5) is 24.8. The number of likely N-dealkylation sites (tertiary alicyclic amines) is 1. The molecule has 1 saturated carbocycles. The predicted octanol–water partition coefficient (Wildman–Crippen LogP) is 2.02. The maximum atomic E-state index is 12.3. The highest BCUT2D eigenvalue weighted by Gasteiger charge is 2.31. The van der Waals surface area contributed by atoms with E-state index in [2.05, 4.69) is 0 Å². The third-order valence-corrected chi connectivity index (χ3v) is 4.11. The molecule has 5 nitrogen and oxygen atoms in total. The molecule has 1 aromatic carbocycles. The van der Waals surface area contributed by atoms with Crippen LogP contribution in [0.5, 0.6) is 5.75 Å². The summed E-state index contributed by atoms with van der Waals surface area (Å²) in [6, 6.07) is 7.11. The number of aliphatic carboxylic acids is 1. The molecule has 0 aromatic heterocycles. The van der Waals surface area contributed by atoms with E-state index in [9.17, 15) is 9.59 Å². The van der Waals surface area contributed by atoms with E-state index in [-0.39, 0.29) is 5.91 Å². The third-order valence-electron chi connectivity index (χ3n) is 4.11. The van der Waals surface area contributed by atoms with Crippen LogP contribution in [0.15, 0.2) is 24.3 Å². The molecule has 1 saturated heterocycles. The van der Waals surface area contributed by atoms with Crippen molar-refractivity contribution in [1.82, 2.24) is 4.90 Å². The van der Waals surface area contributed by atoms with Crippen LogP contribution in [0, 0.1) is 11.8 Å². The van der Waals surface area contributed by atoms with Crippen molar-refractivity contribution in [3.05, 3.63) is 29.8 Å². The fourth-order valence-electron chi connectivity index (χ4n) is 2.52. The first-order valence-electron chi connectivity index (χ1n) is 7.38. The van der Waals surface area contributed by atoms with Gasteiger partial charge in [0.05, 0.1) is 12.5 Å². The Bertz CT molecular complexity index is 536. The average Bonchev–Trinajstić information content (AvgIpc) is 3.18. The van der Waals surface area contributed by atoms with Crippen molar-refractivity contribution in [2.24, 2.45) is 11.8 Å². The number of hydrogen-bond donors (Lipinski definition) is 1. The second-order valence-corrected chi connectivity index (χ2v) is 5.85. The fourth-order valence-corrected chi connectivity index (χ4v) is 2.52. The standard InChI is InChI=1S/C16H19NO4/c18-15(17-8-7-13(9-17)16(19)20)12-3-5-14(6-4-12)21-10-11-1-2-11/h3-6,11,13H,1-2,7-10H2,(H,19,20). The van der Waals surface area contributed by atoms with Gasteiger partial charge >= 0.3 is 5.97 Å². The number of nitrogens with zero attached hydrogens (tertiary/aromatic N) is 1. The first-order valence-corrected chi connectivity index (χ1v) is 7.38. The Morgan fingerprint density at radius 2 is 1.90 bits per heavy atom. The summed E-state index contributed by atoms with van der Waals surface area (Å²) in [6.45, 7) is 1.56. The maximum absolute atomic E-state index is 12.3. The minimum absolute atomic E-state index is 0.104. The molecule has 1 aliphatic heterocycles. The van der Waals surface area contributed by atoms with E-state index < -0.39 is 11.9 Å². The number of amides is 1. The Morgan fingerprint density at radius 3 is 2.48 bits per heavy atom. The zero-order valence-corrected chi connectivity index (χ0v) is 11.8. The highest BCUT2D eigenvalue weighted by atomic mass is 16.5.